The third-order valence-corrected chi connectivity index (χ3v) is 6.09. The molecule has 1 fully saturated rings. The molecule has 0 radical (unpaired) electrons. The van der Waals surface area contributed by atoms with E-state index in [1.165, 1.54) is 11.1 Å². The van der Waals surface area contributed by atoms with Crippen molar-refractivity contribution in [3.05, 3.63) is 35.4 Å². The monoisotopic (exact) mass is 555 g/mol. The van der Waals surface area contributed by atoms with Crippen molar-refractivity contribution >= 4 is 41.8 Å². The minimum atomic E-state index is 0. The minimum absolute atomic E-state index is 0. The summed E-state index contributed by atoms with van der Waals surface area (Å²) in [6.07, 6.45) is 5.14. The van der Waals surface area contributed by atoms with Crippen LogP contribution in [0.15, 0.2) is 29.3 Å². The van der Waals surface area contributed by atoms with Gasteiger partial charge in [0.1, 0.15) is 0 Å². The summed E-state index contributed by atoms with van der Waals surface area (Å²) in [6.45, 7) is 6.12. The lowest BCUT2D eigenvalue weighted by atomic mass is 9.85. The second-order valence-corrected chi connectivity index (χ2v) is 8.99. The standard InChI is InChI=1S/C24H37N5O2.HI/c1-17(2)27-23(31)18-10-6-11-21(14-18)28-24(25-3)26-13-7-12-22(30)29-15-19-8-4-5-9-20(19)16-29;/h4-5,8-9,17-18,21H,6-7,10-16H2,1-3H3,(H,27,31)(H2,25,26,28);1H. The Morgan fingerprint density at radius 1 is 1.16 bits per heavy atom. The molecule has 2 amide bonds. The van der Waals surface area contributed by atoms with Gasteiger partial charge in [-0.05, 0) is 50.7 Å². The quantitative estimate of drug-likeness (QED) is 0.209. The van der Waals surface area contributed by atoms with Crippen LogP contribution < -0.4 is 16.0 Å². The average molecular weight is 556 g/mol. The SMILES string of the molecule is CN=C(NCCCC(=O)N1Cc2ccccc2C1)NC1CCCC(C(=O)NC(C)C)C1.I. The van der Waals surface area contributed by atoms with Crippen LogP contribution in [-0.2, 0) is 22.7 Å². The van der Waals surface area contributed by atoms with Gasteiger partial charge in [0.25, 0.3) is 0 Å². The molecule has 0 aromatic heterocycles. The molecule has 1 heterocycles. The molecule has 3 rings (SSSR count). The summed E-state index contributed by atoms with van der Waals surface area (Å²) in [6, 6.07) is 8.67. The fourth-order valence-corrected chi connectivity index (χ4v) is 4.46. The van der Waals surface area contributed by atoms with Gasteiger partial charge < -0.3 is 20.9 Å². The van der Waals surface area contributed by atoms with Crippen LogP contribution in [0.1, 0.15) is 63.5 Å². The number of fused-ring (bicyclic) bond motifs is 1. The van der Waals surface area contributed by atoms with Gasteiger partial charge in [-0.2, -0.15) is 0 Å². The Bertz CT molecular complexity index is 773. The molecule has 1 saturated carbocycles. The molecule has 2 atom stereocenters. The predicted octanol–water partition coefficient (Wildman–Crippen LogP) is 3.18. The smallest absolute Gasteiger partial charge is 0.223 e. The zero-order chi connectivity index (χ0) is 22.2. The Balaban J connectivity index is 0.00000363. The Morgan fingerprint density at radius 2 is 1.84 bits per heavy atom. The molecule has 32 heavy (non-hydrogen) atoms. The topological polar surface area (TPSA) is 85.8 Å². The molecule has 8 heteroatoms. The molecular weight excluding hydrogens is 517 g/mol. The third-order valence-electron chi connectivity index (χ3n) is 6.09. The highest BCUT2D eigenvalue weighted by Crippen LogP contribution is 2.25. The molecule has 1 aromatic carbocycles. The predicted molar refractivity (Wildman–Crippen MR) is 139 cm³/mol. The second-order valence-electron chi connectivity index (χ2n) is 8.99. The van der Waals surface area contributed by atoms with Crippen LogP contribution in [0.3, 0.4) is 0 Å². The van der Waals surface area contributed by atoms with E-state index in [2.05, 4.69) is 33.1 Å². The summed E-state index contributed by atoms with van der Waals surface area (Å²) in [5.74, 6) is 1.17. The van der Waals surface area contributed by atoms with Gasteiger partial charge in [0, 0.05) is 51.1 Å². The van der Waals surface area contributed by atoms with Gasteiger partial charge in [-0.1, -0.05) is 30.7 Å². The number of benzene rings is 1. The summed E-state index contributed by atoms with van der Waals surface area (Å²) in [4.78, 5) is 31.1. The van der Waals surface area contributed by atoms with E-state index in [1.54, 1.807) is 7.05 Å². The van der Waals surface area contributed by atoms with Crippen molar-refractivity contribution in [2.24, 2.45) is 10.9 Å². The zero-order valence-corrected chi connectivity index (χ0v) is 21.9. The van der Waals surface area contributed by atoms with Crippen molar-refractivity contribution in [2.75, 3.05) is 13.6 Å². The van der Waals surface area contributed by atoms with Crippen molar-refractivity contribution in [3.8, 4) is 0 Å². The van der Waals surface area contributed by atoms with Gasteiger partial charge in [-0.25, -0.2) is 0 Å². The number of halogens is 1. The summed E-state index contributed by atoms with van der Waals surface area (Å²) in [5, 5.41) is 9.82. The van der Waals surface area contributed by atoms with E-state index in [9.17, 15) is 9.59 Å². The molecular formula is C24H38IN5O2. The fourth-order valence-electron chi connectivity index (χ4n) is 4.46. The van der Waals surface area contributed by atoms with Gasteiger partial charge in [0.2, 0.25) is 11.8 Å². The first-order valence-electron chi connectivity index (χ1n) is 11.6. The van der Waals surface area contributed by atoms with Crippen molar-refractivity contribution in [1.29, 1.82) is 0 Å². The molecule has 3 N–H and O–H groups in total. The molecule has 0 saturated heterocycles. The number of carbonyl (C=O) groups is 2. The lowest BCUT2D eigenvalue weighted by molar-refractivity contribution is -0.132. The lowest BCUT2D eigenvalue weighted by Crippen LogP contribution is -2.47. The van der Waals surface area contributed by atoms with E-state index in [0.717, 1.165) is 51.2 Å². The van der Waals surface area contributed by atoms with Crippen LogP contribution in [0.25, 0.3) is 0 Å². The largest absolute Gasteiger partial charge is 0.356 e. The van der Waals surface area contributed by atoms with E-state index in [1.807, 2.05) is 30.9 Å². The Hall–Kier alpha value is -1.84. The van der Waals surface area contributed by atoms with E-state index in [-0.39, 0.29) is 53.8 Å². The summed E-state index contributed by atoms with van der Waals surface area (Å²) in [5.41, 5.74) is 2.51. The van der Waals surface area contributed by atoms with Crippen LogP contribution in [-0.4, -0.2) is 48.3 Å². The molecule has 2 unspecified atom stereocenters. The van der Waals surface area contributed by atoms with Gasteiger partial charge in [0.15, 0.2) is 5.96 Å². The molecule has 2 aliphatic rings. The number of guanidine groups is 1. The maximum atomic E-state index is 12.5. The Morgan fingerprint density at radius 3 is 2.47 bits per heavy atom. The molecule has 1 aromatic rings. The average Bonchev–Trinajstić information content (AvgIpc) is 3.20. The number of amides is 2. The van der Waals surface area contributed by atoms with Crippen LogP contribution in [0, 0.1) is 5.92 Å². The maximum Gasteiger partial charge on any atom is 0.223 e. The fraction of sp³-hybridized carbons (Fsp3) is 0.625. The van der Waals surface area contributed by atoms with Crippen molar-refractivity contribution < 1.29 is 9.59 Å². The van der Waals surface area contributed by atoms with Crippen LogP contribution in [0.4, 0.5) is 0 Å². The molecule has 178 valence electrons. The van der Waals surface area contributed by atoms with E-state index in [0.29, 0.717) is 13.0 Å². The summed E-state index contributed by atoms with van der Waals surface area (Å²) in [7, 11) is 1.76. The first kappa shape index (κ1) is 26.4. The number of nitrogens with one attached hydrogen (secondary N) is 3. The maximum absolute atomic E-state index is 12.5. The molecule has 0 bridgehead atoms. The third kappa shape index (κ3) is 7.64. The normalized spacial score (nSPS) is 20.4. The first-order valence-corrected chi connectivity index (χ1v) is 11.6. The van der Waals surface area contributed by atoms with Crippen molar-refractivity contribution in [3.63, 3.8) is 0 Å². The van der Waals surface area contributed by atoms with Gasteiger partial charge >= 0.3 is 0 Å². The number of hydrogen-bond acceptors (Lipinski definition) is 3. The Labute approximate surface area is 209 Å². The van der Waals surface area contributed by atoms with Gasteiger partial charge in [-0.3, -0.25) is 14.6 Å². The highest BCUT2D eigenvalue weighted by Gasteiger charge is 2.28. The van der Waals surface area contributed by atoms with Crippen LogP contribution in [0.5, 0.6) is 0 Å². The van der Waals surface area contributed by atoms with Crippen molar-refractivity contribution in [2.45, 2.75) is 77.5 Å². The van der Waals surface area contributed by atoms with E-state index < -0.39 is 0 Å². The van der Waals surface area contributed by atoms with Crippen LogP contribution in [0.2, 0.25) is 0 Å². The number of hydrogen-bond donors (Lipinski definition) is 3. The lowest BCUT2D eigenvalue weighted by Gasteiger charge is -2.30. The van der Waals surface area contributed by atoms with Gasteiger partial charge in [-0.15, -0.1) is 24.0 Å². The van der Waals surface area contributed by atoms with Crippen molar-refractivity contribution in [1.82, 2.24) is 20.9 Å². The molecule has 1 aliphatic carbocycles. The second kappa shape index (κ2) is 13.0. The molecule has 0 spiro atoms. The number of nitrogens with zero attached hydrogens (tertiary/aromatic N) is 2. The molecule has 7 nitrogen and oxygen atoms in total. The Kier molecular flexibility index (Phi) is 10.7. The van der Waals surface area contributed by atoms with Gasteiger partial charge in [0.05, 0.1) is 0 Å². The minimum Gasteiger partial charge on any atom is -0.356 e. The van der Waals surface area contributed by atoms with E-state index in [4.69, 9.17) is 0 Å². The highest BCUT2D eigenvalue weighted by atomic mass is 127. The number of rotatable bonds is 7. The number of aliphatic imine (C=N–C) groups is 1. The summed E-state index contributed by atoms with van der Waals surface area (Å²) >= 11 is 0. The van der Waals surface area contributed by atoms with Crippen LogP contribution >= 0.6 is 24.0 Å². The number of carbonyl (C=O) groups excluding carboxylic acids is 2. The molecule has 1 aliphatic heterocycles. The first-order chi connectivity index (χ1) is 15.0. The summed E-state index contributed by atoms with van der Waals surface area (Å²) < 4.78 is 0. The van der Waals surface area contributed by atoms with E-state index >= 15 is 0 Å². The zero-order valence-electron chi connectivity index (χ0n) is 19.5. The highest BCUT2D eigenvalue weighted by molar-refractivity contribution is 14.0.